The molecule has 0 fully saturated rings. The molecule has 0 saturated heterocycles. The van der Waals surface area contributed by atoms with Crippen LogP contribution >= 0.6 is 0 Å². The Morgan fingerprint density at radius 2 is 1.31 bits per heavy atom. The maximum absolute atomic E-state index is 13.9. The number of ether oxygens (including phenoxy) is 2. The average Bonchev–Trinajstić information content (AvgIpc) is 2.76. The standard InChI is InChI=1S/C18H14F12N2O7/c1-4-7(2)9-5-8(31(34)35)6-10(32(36)37)11(9)38-12(33)39-18(29,30)17(27,28)16(25,26)15(23,24)14(21,22)13(3,19)20/h5-7H,4H2,1-3H3. The van der Waals surface area contributed by atoms with E-state index in [1.165, 1.54) is 13.8 Å². The number of carbonyl (C=O) groups is 1. The molecule has 1 atom stereocenters. The fraction of sp³-hybridized carbons (Fsp3) is 0.611. The minimum absolute atomic E-state index is 0.0600. The second kappa shape index (κ2) is 10.2. The Labute approximate surface area is 207 Å². The first kappa shape index (κ1) is 33.5. The summed E-state index contributed by atoms with van der Waals surface area (Å²) in [6.45, 7) is 1.42. The van der Waals surface area contributed by atoms with Crippen LogP contribution in [-0.4, -0.2) is 51.7 Å². The Bertz CT molecular complexity index is 1140. The van der Waals surface area contributed by atoms with Crippen LogP contribution in [0.3, 0.4) is 0 Å². The molecule has 0 heterocycles. The highest BCUT2D eigenvalue weighted by Crippen LogP contribution is 2.60. The number of rotatable bonds is 11. The summed E-state index contributed by atoms with van der Waals surface area (Å²) in [5.74, 6) is -39.8. The zero-order valence-corrected chi connectivity index (χ0v) is 19.2. The molecule has 222 valence electrons. The lowest BCUT2D eigenvalue weighted by Crippen LogP contribution is -2.70. The SMILES string of the molecule is CCC(C)c1cc([N+](=O)[O-])cc([N+](=O)[O-])c1OC(=O)OC(F)(F)C(F)(F)C(F)(F)C(F)(F)C(F)(F)C(C)(F)F. The lowest BCUT2D eigenvalue weighted by atomic mass is 9.94. The van der Waals surface area contributed by atoms with E-state index >= 15 is 0 Å². The topological polar surface area (TPSA) is 122 Å². The molecule has 0 spiro atoms. The highest BCUT2D eigenvalue weighted by Gasteiger charge is 2.90. The van der Waals surface area contributed by atoms with Gasteiger partial charge in [0, 0.05) is 18.6 Å². The Kier molecular flexibility index (Phi) is 8.76. The minimum Gasteiger partial charge on any atom is -0.387 e. The molecule has 1 rings (SSSR count). The molecular formula is C18H14F12N2O7. The van der Waals surface area contributed by atoms with E-state index in [1.54, 1.807) is 0 Å². The van der Waals surface area contributed by atoms with Gasteiger partial charge in [-0.05, 0) is 12.3 Å². The van der Waals surface area contributed by atoms with E-state index in [0.717, 1.165) is 0 Å². The summed E-state index contributed by atoms with van der Waals surface area (Å²) in [6, 6.07) is 0.612. The molecule has 0 saturated carbocycles. The number of non-ortho nitro benzene ring substituents is 1. The van der Waals surface area contributed by atoms with Gasteiger partial charge in [-0.1, -0.05) is 13.8 Å². The predicted molar refractivity (Wildman–Crippen MR) is 101 cm³/mol. The Balaban J connectivity index is 3.56. The van der Waals surface area contributed by atoms with Crippen molar-refractivity contribution in [2.75, 3.05) is 0 Å². The van der Waals surface area contributed by atoms with Gasteiger partial charge in [-0.3, -0.25) is 20.2 Å². The molecule has 0 aromatic heterocycles. The lowest BCUT2D eigenvalue weighted by molar-refractivity contribution is -0.449. The van der Waals surface area contributed by atoms with Gasteiger partial charge in [0.25, 0.3) is 5.69 Å². The fourth-order valence-electron chi connectivity index (χ4n) is 2.68. The quantitative estimate of drug-likeness (QED) is 0.0860. The van der Waals surface area contributed by atoms with Crippen molar-refractivity contribution < 1.29 is 76.8 Å². The summed E-state index contributed by atoms with van der Waals surface area (Å²) in [5.41, 5.74) is -3.23. The van der Waals surface area contributed by atoms with Crippen LogP contribution in [0.2, 0.25) is 0 Å². The molecule has 0 amide bonds. The third kappa shape index (κ3) is 5.60. The molecule has 0 radical (unpaired) electrons. The third-order valence-corrected chi connectivity index (χ3v) is 5.13. The van der Waals surface area contributed by atoms with Crippen molar-refractivity contribution in [1.29, 1.82) is 0 Å². The van der Waals surface area contributed by atoms with E-state index in [2.05, 4.69) is 9.47 Å². The zero-order chi connectivity index (χ0) is 31.2. The summed E-state index contributed by atoms with van der Waals surface area (Å²) in [4.78, 5) is 31.4. The minimum atomic E-state index is -8.03. The van der Waals surface area contributed by atoms with E-state index in [1.807, 2.05) is 0 Å². The van der Waals surface area contributed by atoms with Gasteiger partial charge in [-0.15, -0.1) is 0 Å². The second-order valence-corrected chi connectivity index (χ2v) is 7.86. The van der Waals surface area contributed by atoms with Crippen LogP contribution in [0.4, 0.5) is 68.9 Å². The summed E-state index contributed by atoms with van der Waals surface area (Å²) >= 11 is 0. The van der Waals surface area contributed by atoms with E-state index in [0.29, 0.717) is 6.07 Å². The average molecular weight is 598 g/mol. The van der Waals surface area contributed by atoms with Crippen molar-refractivity contribution in [3.8, 4) is 5.75 Å². The number of carbonyl (C=O) groups excluding carboxylic acids is 1. The zero-order valence-electron chi connectivity index (χ0n) is 19.2. The number of benzene rings is 1. The van der Waals surface area contributed by atoms with E-state index in [4.69, 9.17) is 0 Å². The molecule has 1 aromatic carbocycles. The molecule has 0 N–H and O–H groups in total. The molecule has 0 aliphatic heterocycles. The highest BCUT2D eigenvalue weighted by molar-refractivity contribution is 5.70. The predicted octanol–water partition coefficient (Wildman–Crippen LogP) is 7.32. The van der Waals surface area contributed by atoms with Crippen LogP contribution in [0.15, 0.2) is 12.1 Å². The second-order valence-electron chi connectivity index (χ2n) is 7.86. The third-order valence-electron chi connectivity index (χ3n) is 5.13. The summed E-state index contributed by atoms with van der Waals surface area (Å²) in [5, 5.41) is 22.3. The van der Waals surface area contributed by atoms with Gasteiger partial charge >= 0.3 is 47.6 Å². The summed E-state index contributed by atoms with van der Waals surface area (Å²) in [7, 11) is 0. The van der Waals surface area contributed by atoms with E-state index in [-0.39, 0.29) is 12.5 Å². The maximum Gasteiger partial charge on any atom is 0.518 e. The van der Waals surface area contributed by atoms with Crippen molar-refractivity contribution in [2.24, 2.45) is 0 Å². The monoisotopic (exact) mass is 598 g/mol. The first-order chi connectivity index (χ1) is 17.2. The van der Waals surface area contributed by atoms with Crippen LogP contribution in [0.5, 0.6) is 5.75 Å². The van der Waals surface area contributed by atoms with Gasteiger partial charge in [0.05, 0.1) is 15.9 Å². The highest BCUT2D eigenvalue weighted by atomic mass is 19.4. The van der Waals surface area contributed by atoms with Crippen molar-refractivity contribution in [2.45, 2.75) is 68.8 Å². The van der Waals surface area contributed by atoms with Crippen LogP contribution in [-0.2, 0) is 4.74 Å². The van der Waals surface area contributed by atoms with Crippen LogP contribution in [0.25, 0.3) is 0 Å². The molecule has 1 aromatic rings. The molecule has 21 heteroatoms. The molecule has 9 nitrogen and oxygen atoms in total. The van der Waals surface area contributed by atoms with Gasteiger partial charge in [0.15, 0.2) is 0 Å². The Morgan fingerprint density at radius 3 is 1.69 bits per heavy atom. The Hall–Kier alpha value is -3.55. The van der Waals surface area contributed by atoms with Gasteiger partial charge in [-0.2, -0.15) is 52.7 Å². The Morgan fingerprint density at radius 1 is 0.846 bits per heavy atom. The smallest absolute Gasteiger partial charge is 0.387 e. The molecule has 39 heavy (non-hydrogen) atoms. The number of hydrogen-bond donors (Lipinski definition) is 0. The van der Waals surface area contributed by atoms with Crippen molar-refractivity contribution in [3.63, 3.8) is 0 Å². The van der Waals surface area contributed by atoms with Gasteiger partial charge in [0.2, 0.25) is 5.75 Å². The molecule has 0 aliphatic rings. The molecular weight excluding hydrogens is 584 g/mol. The fourth-order valence-corrected chi connectivity index (χ4v) is 2.68. The normalized spacial score (nSPS) is 14.5. The molecule has 0 bridgehead atoms. The number of nitro benzene ring substituents is 2. The maximum atomic E-state index is 13.9. The summed E-state index contributed by atoms with van der Waals surface area (Å²) < 4.78 is 169. The number of nitrogens with zero attached hydrogens (tertiary/aromatic N) is 2. The van der Waals surface area contributed by atoms with E-state index in [9.17, 15) is 77.7 Å². The largest absolute Gasteiger partial charge is 0.518 e. The first-order valence-corrected chi connectivity index (χ1v) is 9.85. The lowest BCUT2D eigenvalue weighted by Gasteiger charge is -2.39. The number of alkyl halides is 12. The molecule has 1 unspecified atom stereocenters. The van der Waals surface area contributed by atoms with Crippen molar-refractivity contribution in [3.05, 3.63) is 37.9 Å². The van der Waals surface area contributed by atoms with Crippen LogP contribution in [0.1, 0.15) is 38.7 Å². The number of nitro groups is 2. The van der Waals surface area contributed by atoms with Crippen molar-refractivity contribution >= 4 is 17.5 Å². The van der Waals surface area contributed by atoms with Gasteiger partial charge in [0.1, 0.15) is 0 Å². The first-order valence-electron chi connectivity index (χ1n) is 9.85. The van der Waals surface area contributed by atoms with E-state index < -0.39 is 87.3 Å². The van der Waals surface area contributed by atoms with Crippen LogP contribution < -0.4 is 4.74 Å². The van der Waals surface area contributed by atoms with Gasteiger partial charge in [-0.25, -0.2) is 4.79 Å². The van der Waals surface area contributed by atoms with Crippen LogP contribution in [0, 0.1) is 20.2 Å². The number of halogens is 12. The summed E-state index contributed by atoms with van der Waals surface area (Å²) in [6.07, 6.45) is -10.5. The number of hydrogen-bond acceptors (Lipinski definition) is 7. The van der Waals surface area contributed by atoms with Crippen molar-refractivity contribution in [1.82, 2.24) is 0 Å². The molecule has 0 aliphatic carbocycles. The van der Waals surface area contributed by atoms with Gasteiger partial charge < -0.3 is 9.47 Å².